The van der Waals surface area contributed by atoms with E-state index in [0.29, 0.717) is 0 Å². The molecule has 0 aromatic carbocycles. The van der Waals surface area contributed by atoms with E-state index >= 15 is 0 Å². The van der Waals surface area contributed by atoms with Crippen molar-refractivity contribution in [2.24, 2.45) is 0 Å². The van der Waals surface area contributed by atoms with Gasteiger partial charge in [0, 0.05) is 5.75 Å². The summed E-state index contributed by atoms with van der Waals surface area (Å²) in [5, 5.41) is -0.726. The molecule has 0 amide bonds. The van der Waals surface area contributed by atoms with Gasteiger partial charge in [0.15, 0.2) is 0 Å². The molecule has 13 heavy (non-hydrogen) atoms. The summed E-state index contributed by atoms with van der Waals surface area (Å²) in [6.45, 7) is -2.23. The van der Waals surface area contributed by atoms with E-state index in [0.717, 1.165) is 0 Å². The minimum absolute atomic E-state index is 0. The standard InChI is InChI=1S/C5H11BF3O2S.K/c1-5(2)12(10,11)4-3-6(7,8)9;/h5H,3-4H2,1-2H3;/q-1;+1. The van der Waals surface area contributed by atoms with Crippen molar-refractivity contribution in [3.63, 3.8) is 0 Å². The first-order chi connectivity index (χ1) is 5.15. The van der Waals surface area contributed by atoms with Crippen molar-refractivity contribution >= 4 is 16.8 Å². The Morgan fingerprint density at radius 3 is 1.85 bits per heavy atom. The molecule has 0 aliphatic rings. The third-order valence-corrected chi connectivity index (χ3v) is 3.69. The Kier molecular flexibility index (Phi) is 7.93. The van der Waals surface area contributed by atoms with E-state index in [9.17, 15) is 21.4 Å². The average molecular weight is 242 g/mol. The largest absolute Gasteiger partial charge is 1.00 e. The fourth-order valence-electron chi connectivity index (χ4n) is 0.534. The molecule has 0 unspecified atom stereocenters. The second-order valence-electron chi connectivity index (χ2n) is 2.91. The number of hydrogen-bond acceptors (Lipinski definition) is 2. The van der Waals surface area contributed by atoms with Gasteiger partial charge >= 0.3 is 58.4 Å². The maximum Gasteiger partial charge on any atom is 1.00 e. The van der Waals surface area contributed by atoms with Crippen LogP contribution in [0.5, 0.6) is 0 Å². The number of hydrogen-bond donors (Lipinski definition) is 0. The van der Waals surface area contributed by atoms with Crippen molar-refractivity contribution in [1.82, 2.24) is 0 Å². The average Bonchev–Trinajstić information content (AvgIpc) is 1.82. The van der Waals surface area contributed by atoms with Crippen LogP contribution < -0.4 is 51.4 Å². The number of rotatable bonds is 4. The van der Waals surface area contributed by atoms with Gasteiger partial charge in [-0.3, -0.25) is 0 Å². The smallest absolute Gasteiger partial charge is 0.449 e. The van der Waals surface area contributed by atoms with Crippen LogP contribution in [0.3, 0.4) is 0 Å². The number of sulfone groups is 1. The van der Waals surface area contributed by atoms with Gasteiger partial charge in [-0.2, -0.15) is 0 Å². The predicted molar refractivity (Wildman–Crippen MR) is 42.8 cm³/mol. The molecule has 0 atom stereocenters. The van der Waals surface area contributed by atoms with Crippen molar-refractivity contribution in [2.45, 2.75) is 25.4 Å². The van der Waals surface area contributed by atoms with Gasteiger partial charge in [0.25, 0.3) is 0 Å². The molecule has 2 nitrogen and oxygen atoms in total. The summed E-state index contributed by atoms with van der Waals surface area (Å²) >= 11 is 0. The van der Waals surface area contributed by atoms with Crippen LogP contribution in [0.4, 0.5) is 12.9 Å². The van der Waals surface area contributed by atoms with E-state index in [1.165, 1.54) is 13.8 Å². The molecular weight excluding hydrogens is 231 g/mol. The van der Waals surface area contributed by atoms with Gasteiger partial charge in [-0.15, -0.1) is 0 Å². The van der Waals surface area contributed by atoms with Gasteiger partial charge in [-0.25, -0.2) is 8.42 Å². The zero-order chi connectivity index (χ0) is 9.99. The molecule has 0 aliphatic carbocycles. The minimum Gasteiger partial charge on any atom is -0.449 e. The fraction of sp³-hybridized carbons (Fsp3) is 1.00. The molecular formula is C5H11BF3KO2S. The van der Waals surface area contributed by atoms with Crippen LogP contribution in [0, 0.1) is 0 Å². The molecule has 74 valence electrons. The van der Waals surface area contributed by atoms with Crippen molar-refractivity contribution in [3.05, 3.63) is 0 Å². The molecule has 0 saturated heterocycles. The van der Waals surface area contributed by atoms with Crippen LogP contribution in [-0.2, 0) is 9.84 Å². The number of halogens is 3. The van der Waals surface area contributed by atoms with E-state index < -0.39 is 34.1 Å². The van der Waals surface area contributed by atoms with Crippen LogP contribution in [0.25, 0.3) is 0 Å². The van der Waals surface area contributed by atoms with E-state index in [4.69, 9.17) is 0 Å². The molecule has 0 aliphatic heterocycles. The quantitative estimate of drug-likeness (QED) is 0.572. The molecule has 0 fully saturated rings. The van der Waals surface area contributed by atoms with E-state index in [1.54, 1.807) is 0 Å². The van der Waals surface area contributed by atoms with E-state index in [1.807, 2.05) is 0 Å². The summed E-state index contributed by atoms with van der Waals surface area (Å²) in [5.41, 5.74) is 0. The maximum atomic E-state index is 11.6. The van der Waals surface area contributed by atoms with E-state index in [-0.39, 0.29) is 51.4 Å². The van der Waals surface area contributed by atoms with Gasteiger partial charge in [0.2, 0.25) is 0 Å². The van der Waals surface area contributed by atoms with Crippen LogP contribution >= 0.6 is 0 Å². The first-order valence-corrected chi connectivity index (χ1v) is 5.29. The Morgan fingerprint density at radius 2 is 1.62 bits per heavy atom. The van der Waals surface area contributed by atoms with Crippen molar-refractivity contribution in [2.75, 3.05) is 5.75 Å². The molecule has 0 heterocycles. The van der Waals surface area contributed by atoms with Crippen molar-refractivity contribution in [1.29, 1.82) is 0 Å². The SMILES string of the molecule is CC(C)S(=O)(=O)CC[B-](F)(F)F.[K+]. The summed E-state index contributed by atoms with van der Waals surface area (Å²) in [4.78, 5) is 0. The summed E-state index contributed by atoms with van der Waals surface area (Å²) < 4.78 is 56.7. The predicted octanol–water partition coefficient (Wildman–Crippen LogP) is -1.34. The van der Waals surface area contributed by atoms with Crippen LogP contribution in [0.2, 0.25) is 6.32 Å². The van der Waals surface area contributed by atoms with Crippen LogP contribution in [0.15, 0.2) is 0 Å². The Labute approximate surface area is 119 Å². The molecule has 0 aromatic heterocycles. The first kappa shape index (κ1) is 16.9. The molecule has 0 aromatic rings. The molecule has 0 bridgehead atoms. The van der Waals surface area contributed by atoms with Crippen LogP contribution in [0.1, 0.15) is 13.8 Å². The summed E-state index contributed by atoms with van der Waals surface area (Å²) in [5.74, 6) is -0.784. The zero-order valence-corrected chi connectivity index (χ0v) is 11.9. The Bertz CT molecular complexity index is 237. The molecule has 0 saturated carbocycles. The Hall–Kier alpha value is 1.44. The zero-order valence-electron chi connectivity index (χ0n) is 7.93. The fourth-order valence-corrected chi connectivity index (χ4v) is 1.60. The van der Waals surface area contributed by atoms with Gasteiger partial charge in [0.05, 0.1) is 5.25 Å². The maximum absolute atomic E-state index is 11.6. The topological polar surface area (TPSA) is 34.1 Å². The molecule has 0 rings (SSSR count). The first-order valence-electron chi connectivity index (χ1n) is 3.58. The normalized spacial score (nSPS) is 12.8. The van der Waals surface area contributed by atoms with Gasteiger partial charge < -0.3 is 12.9 Å². The third kappa shape index (κ3) is 8.44. The van der Waals surface area contributed by atoms with Gasteiger partial charge in [-0.1, -0.05) is 6.32 Å². The molecule has 0 spiro atoms. The minimum atomic E-state index is -4.97. The second-order valence-corrected chi connectivity index (χ2v) is 5.59. The molecule has 0 radical (unpaired) electrons. The Morgan fingerprint density at radius 1 is 1.23 bits per heavy atom. The summed E-state index contributed by atoms with van der Waals surface area (Å²) in [7, 11) is -3.54. The van der Waals surface area contributed by atoms with Gasteiger partial charge in [-0.05, 0) is 13.8 Å². The van der Waals surface area contributed by atoms with Crippen molar-refractivity contribution < 1.29 is 72.7 Å². The van der Waals surface area contributed by atoms with Gasteiger partial charge in [0.1, 0.15) is 9.84 Å². The summed E-state index contributed by atoms with van der Waals surface area (Å²) in [6, 6.07) is 0. The summed E-state index contributed by atoms with van der Waals surface area (Å²) in [6.07, 6.45) is -1.19. The van der Waals surface area contributed by atoms with E-state index in [2.05, 4.69) is 0 Å². The Balaban J connectivity index is 0. The molecule has 0 N–H and O–H groups in total. The third-order valence-electron chi connectivity index (χ3n) is 1.45. The van der Waals surface area contributed by atoms with Crippen LogP contribution in [-0.4, -0.2) is 26.4 Å². The monoisotopic (exact) mass is 242 g/mol. The molecule has 8 heteroatoms. The van der Waals surface area contributed by atoms with Crippen molar-refractivity contribution in [3.8, 4) is 0 Å². The second kappa shape index (κ2) is 6.12.